The van der Waals surface area contributed by atoms with Crippen molar-refractivity contribution in [1.82, 2.24) is 19.7 Å². The minimum Gasteiger partial charge on any atom is -0.370 e. The van der Waals surface area contributed by atoms with Crippen LogP contribution in [0, 0.1) is 18.8 Å². The Morgan fingerprint density at radius 3 is 2.50 bits per heavy atom. The lowest BCUT2D eigenvalue weighted by Crippen LogP contribution is -2.17. The van der Waals surface area contributed by atoms with Crippen molar-refractivity contribution in [2.75, 3.05) is 0 Å². The van der Waals surface area contributed by atoms with Crippen LogP contribution in [0.1, 0.15) is 46.4 Å². The van der Waals surface area contributed by atoms with Gasteiger partial charge in [0.1, 0.15) is 11.9 Å². The van der Waals surface area contributed by atoms with Gasteiger partial charge in [0.2, 0.25) is 5.91 Å². The number of aliphatic imine (C=N–C) groups is 1. The second kappa shape index (κ2) is 8.93. The van der Waals surface area contributed by atoms with Gasteiger partial charge in [0.15, 0.2) is 5.82 Å². The molecular weight excluding hydrogens is 448 g/mol. The molecule has 7 nitrogen and oxygen atoms in total. The van der Waals surface area contributed by atoms with E-state index in [1.165, 1.54) is 0 Å². The van der Waals surface area contributed by atoms with Crippen molar-refractivity contribution in [2.45, 2.75) is 19.4 Å². The van der Waals surface area contributed by atoms with E-state index >= 15 is 0 Å². The molecule has 166 valence electrons. The molecular formula is C26H19ClN6O. The highest BCUT2D eigenvalue weighted by Gasteiger charge is 2.29. The van der Waals surface area contributed by atoms with Crippen molar-refractivity contribution in [3.05, 3.63) is 106 Å². The lowest BCUT2D eigenvalue weighted by Gasteiger charge is -2.13. The van der Waals surface area contributed by atoms with Gasteiger partial charge in [-0.15, -0.1) is 10.2 Å². The maximum Gasteiger partial charge on any atom is 0.220 e. The summed E-state index contributed by atoms with van der Waals surface area (Å²) in [5.74, 6) is 7.15. The SMILES string of the molecule is Cc1nnc2n1-c1cc(C#Cc3ccncc3)ccc1C(c1ccc(Cl)cc1)=N[C@H]2CC(N)=O. The first-order valence-corrected chi connectivity index (χ1v) is 11.0. The van der Waals surface area contributed by atoms with Crippen molar-refractivity contribution >= 4 is 23.2 Å². The summed E-state index contributed by atoms with van der Waals surface area (Å²) in [5, 5.41) is 9.24. The largest absolute Gasteiger partial charge is 0.370 e. The summed E-state index contributed by atoms with van der Waals surface area (Å²) >= 11 is 6.12. The summed E-state index contributed by atoms with van der Waals surface area (Å²) in [7, 11) is 0. The Balaban J connectivity index is 1.71. The number of benzene rings is 2. The van der Waals surface area contributed by atoms with Crippen molar-refractivity contribution < 1.29 is 4.79 Å². The van der Waals surface area contributed by atoms with Crippen LogP contribution in [-0.4, -0.2) is 31.4 Å². The number of hydrogen-bond acceptors (Lipinski definition) is 5. The van der Waals surface area contributed by atoms with Crippen LogP contribution in [0.15, 0.2) is 72.0 Å². The van der Waals surface area contributed by atoms with Crippen LogP contribution in [0.4, 0.5) is 0 Å². The summed E-state index contributed by atoms with van der Waals surface area (Å²) in [6.45, 7) is 1.87. The van der Waals surface area contributed by atoms with Gasteiger partial charge in [-0.05, 0) is 49.4 Å². The Morgan fingerprint density at radius 2 is 1.76 bits per heavy atom. The van der Waals surface area contributed by atoms with Gasteiger partial charge in [-0.1, -0.05) is 35.6 Å². The zero-order valence-electron chi connectivity index (χ0n) is 18.2. The number of hydrogen-bond donors (Lipinski definition) is 1. The van der Waals surface area contributed by atoms with Gasteiger partial charge >= 0.3 is 0 Å². The quantitative estimate of drug-likeness (QED) is 0.464. The maximum atomic E-state index is 11.9. The first-order valence-electron chi connectivity index (χ1n) is 10.6. The first-order chi connectivity index (χ1) is 16.5. The fourth-order valence-corrected chi connectivity index (χ4v) is 4.04. The highest BCUT2D eigenvalue weighted by atomic mass is 35.5. The minimum absolute atomic E-state index is 0.0118. The topological polar surface area (TPSA) is 99.1 Å². The second-order valence-electron chi connectivity index (χ2n) is 7.83. The number of primary amides is 1. The Labute approximate surface area is 201 Å². The van der Waals surface area contributed by atoms with E-state index < -0.39 is 11.9 Å². The molecule has 34 heavy (non-hydrogen) atoms. The van der Waals surface area contributed by atoms with E-state index in [-0.39, 0.29) is 6.42 Å². The average molecular weight is 467 g/mol. The van der Waals surface area contributed by atoms with Crippen LogP contribution >= 0.6 is 11.6 Å². The summed E-state index contributed by atoms with van der Waals surface area (Å²) in [5.41, 5.74) is 10.5. The smallest absolute Gasteiger partial charge is 0.220 e. The standard InChI is InChI=1S/C26H19ClN6O/c1-16-31-32-26-22(15-24(28)34)30-25(19-5-7-20(27)8-6-19)21-9-4-18(14-23(21)33(16)26)3-2-17-10-12-29-13-11-17/h4-14,22H,15H2,1H3,(H2,28,34)/t22-/m0/s1. The fraction of sp³-hybridized carbons (Fsp3) is 0.115. The third kappa shape index (κ3) is 4.19. The molecule has 0 bridgehead atoms. The molecule has 5 rings (SSSR count). The number of pyridine rings is 1. The van der Waals surface area contributed by atoms with E-state index in [0.717, 1.165) is 33.7 Å². The van der Waals surface area contributed by atoms with E-state index in [9.17, 15) is 4.79 Å². The third-order valence-corrected chi connectivity index (χ3v) is 5.72. The lowest BCUT2D eigenvalue weighted by atomic mass is 9.98. The summed E-state index contributed by atoms with van der Waals surface area (Å²) in [4.78, 5) is 20.9. The highest BCUT2D eigenvalue weighted by Crippen LogP contribution is 2.33. The first kappa shape index (κ1) is 21.6. The zero-order valence-corrected chi connectivity index (χ0v) is 19.0. The molecule has 2 aromatic heterocycles. The number of carbonyl (C=O) groups is 1. The number of halogens is 1. The second-order valence-corrected chi connectivity index (χ2v) is 8.27. The number of aryl methyl sites for hydroxylation is 1. The van der Waals surface area contributed by atoms with Gasteiger partial charge < -0.3 is 5.73 Å². The van der Waals surface area contributed by atoms with Gasteiger partial charge in [-0.3, -0.25) is 19.3 Å². The molecule has 3 heterocycles. The van der Waals surface area contributed by atoms with Gasteiger partial charge in [0, 0.05) is 39.7 Å². The fourth-order valence-electron chi connectivity index (χ4n) is 3.91. The number of fused-ring (bicyclic) bond motifs is 3. The van der Waals surface area contributed by atoms with E-state index in [4.69, 9.17) is 22.3 Å². The molecule has 0 radical (unpaired) electrons. The predicted molar refractivity (Wildman–Crippen MR) is 130 cm³/mol. The van der Waals surface area contributed by atoms with E-state index in [2.05, 4.69) is 27.0 Å². The molecule has 1 atom stereocenters. The van der Waals surface area contributed by atoms with Gasteiger partial charge in [-0.2, -0.15) is 0 Å². The van der Waals surface area contributed by atoms with Crippen molar-refractivity contribution in [3.8, 4) is 17.5 Å². The minimum atomic E-state index is -0.580. The number of amides is 1. The molecule has 0 saturated carbocycles. The Hall–Kier alpha value is -4.28. The number of aromatic nitrogens is 4. The Morgan fingerprint density at radius 1 is 1.03 bits per heavy atom. The number of nitrogens with two attached hydrogens (primary N) is 1. The van der Waals surface area contributed by atoms with Crippen LogP contribution in [0.5, 0.6) is 0 Å². The van der Waals surface area contributed by atoms with Crippen LogP contribution in [-0.2, 0) is 4.79 Å². The number of nitrogens with zero attached hydrogens (tertiary/aromatic N) is 5. The molecule has 1 aliphatic heterocycles. The maximum absolute atomic E-state index is 11.9. The van der Waals surface area contributed by atoms with Crippen molar-refractivity contribution in [3.63, 3.8) is 0 Å². The molecule has 4 aromatic rings. The molecule has 2 aromatic carbocycles. The summed E-state index contributed by atoms with van der Waals surface area (Å²) < 4.78 is 1.92. The Kier molecular flexibility index (Phi) is 5.66. The predicted octanol–water partition coefficient (Wildman–Crippen LogP) is 3.79. The van der Waals surface area contributed by atoms with Gasteiger partial charge in [-0.25, -0.2) is 0 Å². The molecule has 0 fully saturated rings. The van der Waals surface area contributed by atoms with E-state index in [1.807, 2.05) is 66.1 Å². The molecule has 0 saturated heterocycles. The molecule has 8 heteroatoms. The normalized spacial score (nSPS) is 14.2. The van der Waals surface area contributed by atoms with E-state index in [0.29, 0.717) is 16.7 Å². The summed E-state index contributed by atoms with van der Waals surface area (Å²) in [6.07, 6.45) is 3.43. The molecule has 0 unspecified atom stereocenters. The van der Waals surface area contributed by atoms with Gasteiger partial charge in [0.25, 0.3) is 0 Å². The monoisotopic (exact) mass is 466 g/mol. The molecule has 2 N–H and O–H groups in total. The van der Waals surface area contributed by atoms with Crippen LogP contribution < -0.4 is 5.73 Å². The molecule has 1 amide bonds. The van der Waals surface area contributed by atoms with Crippen molar-refractivity contribution in [1.29, 1.82) is 0 Å². The molecule has 0 aliphatic carbocycles. The lowest BCUT2D eigenvalue weighted by molar-refractivity contribution is -0.118. The number of carbonyl (C=O) groups excluding carboxylic acids is 1. The molecule has 1 aliphatic rings. The highest BCUT2D eigenvalue weighted by molar-refractivity contribution is 6.30. The Bertz CT molecular complexity index is 1480. The third-order valence-electron chi connectivity index (χ3n) is 5.47. The zero-order chi connectivity index (χ0) is 23.7. The van der Waals surface area contributed by atoms with Crippen LogP contribution in [0.2, 0.25) is 5.02 Å². The summed E-state index contributed by atoms with van der Waals surface area (Å²) in [6, 6.07) is 16.5. The van der Waals surface area contributed by atoms with Crippen molar-refractivity contribution in [2.24, 2.45) is 10.7 Å². The average Bonchev–Trinajstić information content (AvgIpc) is 3.16. The van der Waals surface area contributed by atoms with Crippen LogP contribution in [0.25, 0.3) is 5.69 Å². The van der Waals surface area contributed by atoms with Crippen LogP contribution in [0.3, 0.4) is 0 Å². The number of rotatable bonds is 3. The van der Waals surface area contributed by atoms with Gasteiger partial charge in [0.05, 0.1) is 17.8 Å². The van der Waals surface area contributed by atoms with E-state index in [1.54, 1.807) is 12.4 Å². The molecule has 0 spiro atoms.